The average Bonchev–Trinajstić information content (AvgIpc) is 2.70. The van der Waals surface area contributed by atoms with Crippen LogP contribution in [0.25, 0.3) is 6.08 Å². The van der Waals surface area contributed by atoms with Crippen molar-refractivity contribution >= 4 is 50.9 Å². The summed E-state index contributed by atoms with van der Waals surface area (Å²) in [7, 11) is 1.38. The SMILES string of the molecule is COc1cc(/C=C2/SC(=O)N(CC(=O)O)C2=O)cc(Br)c1O. The lowest BCUT2D eigenvalue weighted by atomic mass is 10.2. The summed E-state index contributed by atoms with van der Waals surface area (Å²) in [5.41, 5.74) is 0.516. The van der Waals surface area contributed by atoms with Crippen molar-refractivity contribution in [3.63, 3.8) is 0 Å². The van der Waals surface area contributed by atoms with Gasteiger partial charge in [-0.25, -0.2) is 0 Å². The Bertz CT molecular complexity index is 702. The number of hydrogen-bond acceptors (Lipinski definition) is 6. The number of carbonyl (C=O) groups excluding carboxylic acids is 2. The van der Waals surface area contributed by atoms with Crippen LogP contribution in [-0.2, 0) is 9.59 Å². The lowest BCUT2D eigenvalue weighted by molar-refractivity contribution is -0.140. The van der Waals surface area contributed by atoms with Gasteiger partial charge in [-0.1, -0.05) is 0 Å². The molecule has 0 unspecified atom stereocenters. The van der Waals surface area contributed by atoms with Crippen LogP contribution in [0.3, 0.4) is 0 Å². The van der Waals surface area contributed by atoms with Crippen LogP contribution < -0.4 is 4.74 Å². The normalized spacial score (nSPS) is 16.5. The fraction of sp³-hybridized carbons (Fsp3) is 0.154. The average molecular weight is 388 g/mol. The van der Waals surface area contributed by atoms with E-state index in [1.165, 1.54) is 19.3 Å². The van der Waals surface area contributed by atoms with Gasteiger partial charge in [-0.3, -0.25) is 19.3 Å². The molecule has 116 valence electrons. The molecule has 2 rings (SSSR count). The molecule has 9 heteroatoms. The largest absolute Gasteiger partial charge is 0.503 e. The van der Waals surface area contributed by atoms with Crippen LogP contribution in [0.15, 0.2) is 21.5 Å². The lowest BCUT2D eigenvalue weighted by Crippen LogP contribution is -2.33. The maximum absolute atomic E-state index is 12.0. The van der Waals surface area contributed by atoms with Gasteiger partial charge in [0.2, 0.25) is 0 Å². The lowest BCUT2D eigenvalue weighted by Gasteiger charge is -2.08. The first-order valence-corrected chi connectivity index (χ1v) is 7.48. The van der Waals surface area contributed by atoms with Crippen molar-refractivity contribution < 1.29 is 29.3 Å². The Labute approximate surface area is 137 Å². The molecule has 1 aromatic rings. The Morgan fingerprint density at radius 1 is 1.45 bits per heavy atom. The highest BCUT2D eigenvalue weighted by Gasteiger charge is 2.36. The van der Waals surface area contributed by atoms with E-state index in [-0.39, 0.29) is 16.4 Å². The highest BCUT2D eigenvalue weighted by atomic mass is 79.9. The van der Waals surface area contributed by atoms with Gasteiger partial charge in [0.1, 0.15) is 6.54 Å². The maximum atomic E-state index is 12.0. The predicted octanol–water partition coefficient (Wildman–Crippen LogP) is 2.28. The molecule has 1 saturated heterocycles. The fourth-order valence-electron chi connectivity index (χ4n) is 1.76. The minimum absolute atomic E-state index is 0.0846. The summed E-state index contributed by atoms with van der Waals surface area (Å²) in [6.45, 7) is -0.676. The van der Waals surface area contributed by atoms with Gasteiger partial charge in [0.25, 0.3) is 11.1 Å². The monoisotopic (exact) mass is 387 g/mol. The number of carboxylic acids is 1. The number of rotatable bonds is 4. The number of benzene rings is 1. The number of nitrogens with zero attached hydrogens (tertiary/aromatic N) is 1. The molecule has 0 atom stereocenters. The zero-order valence-corrected chi connectivity index (χ0v) is 13.6. The first-order chi connectivity index (χ1) is 10.3. The molecule has 1 aliphatic heterocycles. The Kier molecular flexibility index (Phi) is 4.77. The standard InChI is InChI=1S/C13H10BrNO6S/c1-21-8-3-6(2-7(14)11(8)18)4-9-12(19)15(5-10(16)17)13(20)22-9/h2-4,18H,5H2,1H3,(H,16,17)/b9-4+. The number of phenolic OH excluding ortho intramolecular Hbond substituents is 1. The molecule has 1 heterocycles. The quantitative estimate of drug-likeness (QED) is 0.763. The zero-order valence-electron chi connectivity index (χ0n) is 11.2. The molecular formula is C13H10BrNO6S. The van der Waals surface area contributed by atoms with E-state index in [0.29, 0.717) is 26.7 Å². The molecule has 7 nitrogen and oxygen atoms in total. The van der Waals surface area contributed by atoms with Crippen LogP contribution in [-0.4, -0.2) is 45.9 Å². The third kappa shape index (κ3) is 3.25. The second-order valence-corrected chi connectivity index (χ2v) is 6.06. The Hall–Kier alpha value is -2.00. The van der Waals surface area contributed by atoms with Crippen LogP contribution in [0.4, 0.5) is 4.79 Å². The van der Waals surface area contributed by atoms with Gasteiger partial charge in [0.05, 0.1) is 16.5 Å². The molecule has 0 spiro atoms. The minimum atomic E-state index is -1.27. The fourth-order valence-corrected chi connectivity index (χ4v) is 3.05. The van der Waals surface area contributed by atoms with Crippen molar-refractivity contribution in [2.45, 2.75) is 0 Å². The van der Waals surface area contributed by atoms with Gasteiger partial charge < -0.3 is 14.9 Å². The van der Waals surface area contributed by atoms with E-state index in [1.807, 2.05) is 0 Å². The van der Waals surface area contributed by atoms with E-state index < -0.39 is 23.7 Å². The molecular weight excluding hydrogens is 378 g/mol. The summed E-state index contributed by atoms with van der Waals surface area (Å²) in [5, 5.41) is 17.8. The van der Waals surface area contributed by atoms with Crippen LogP contribution in [0.5, 0.6) is 11.5 Å². The molecule has 0 aromatic heterocycles. The molecule has 0 aliphatic carbocycles. The van der Waals surface area contributed by atoms with E-state index >= 15 is 0 Å². The molecule has 0 bridgehead atoms. The number of amides is 2. The van der Waals surface area contributed by atoms with E-state index in [4.69, 9.17) is 9.84 Å². The zero-order chi connectivity index (χ0) is 16.4. The number of carbonyl (C=O) groups is 3. The summed E-state index contributed by atoms with van der Waals surface area (Å²) in [4.78, 5) is 35.1. The van der Waals surface area contributed by atoms with E-state index in [0.717, 1.165) is 0 Å². The van der Waals surface area contributed by atoms with Gasteiger partial charge in [-0.05, 0) is 51.5 Å². The molecule has 2 N–H and O–H groups in total. The molecule has 1 fully saturated rings. The molecule has 0 saturated carbocycles. The second kappa shape index (κ2) is 6.41. The van der Waals surface area contributed by atoms with Crippen LogP contribution in [0, 0.1) is 0 Å². The van der Waals surface area contributed by atoms with Crippen molar-refractivity contribution in [2.75, 3.05) is 13.7 Å². The van der Waals surface area contributed by atoms with Gasteiger partial charge in [0, 0.05) is 0 Å². The summed E-state index contributed by atoms with van der Waals surface area (Å²) >= 11 is 3.81. The number of hydrogen-bond donors (Lipinski definition) is 2. The second-order valence-electron chi connectivity index (χ2n) is 4.22. The molecule has 2 amide bonds. The topological polar surface area (TPSA) is 104 Å². The number of halogens is 1. The predicted molar refractivity (Wildman–Crippen MR) is 82.7 cm³/mol. The highest BCUT2D eigenvalue weighted by molar-refractivity contribution is 9.10. The number of phenols is 1. The summed E-state index contributed by atoms with van der Waals surface area (Å²) in [6.07, 6.45) is 1.43. The first-order valence-electron chi connectivity index (χ1n) is 5.87. The van der Waals surface area contributed by atoms with E-state index in [2.05, 4.69) is 15.9 Å². The number of methoxy groups -OCH3 is 1. The third-order valence-corrected chi connectivity index (χ3v) is 4.25. The number of thioether (sulfide) groups is 1. The molecule has 1 aromatic carbocycles. The Morgan fingerprint density at radius 3 is 2.73 bits per heavy atom. The maximum Gasteiger partial charge on any atom is 0.323 e. The van der Waals surface area contributed by atoms with Crippen molar-refractivity contribution in [2.24, 2.45) is 0 Å². The van der Waals surface area contributed by atoms with E-state index in [1.54, 1.807) is 6.07 Å². The van der Waals surface area contributed by atoms with Crippen molar-refractivity contribution in [1.29, 1.82) is 0 Å². The van der Waals surface area contributed by atoms with Crippen LogP contribution in [0.1, 0.15) is 5.56 Å². The van der Waals surface area contributed by atoms with Gasteiger partial charge in [0.15, 0.2) is 11.5 Å². The number of carboxylic acid groups (broad SMARTS) is 1. The van der Waals surface area contributed by atoms with Crippen molar-refractivity contribution in [3.05, 3.63) is 27.1 Å². The van der Waals surface area contributed by atoms with E-state index in [9.17, 15) is 19.5 Å². The summed E-state index contributed by atoms with van der Waals surface area (Å²) in [6, 6.07) is 3.04. The van der Waals surface area contributed by atoms with Crippen LogP contribution in [0.2, 0.25) is 0 Å². The number of aliphatic carboxylic acids is 1. The smallest absolute Gasteiger partial charge is 0.323 e. The van der Waals surface area contributed by atoms with Crippen molar-refractivity contribution in [3.8, 4) is 11.5 Å². The third-order valence-electron chi connectivity index (χ3n) is 2.74. The van der Waals surface area contributed by atoms with Crippen molar-refractivity contribution in [1.82, 2.24) is 4.90 Å². The number of imide groups is 1. The minimum Gasteiger partial charge on any atom is -0.503 e. The Morgan fingerprint density at radius 2 is 2.14 bits per heavy atom. The van der Waals surface area contributed by atoms with Gasteiger partial charge >= 0.3 is 5.97 Å². The molecule has 0 radical (unpaired) electrons. The number of ether oxygens (including phenoxy) is 1. The summed E-state index contributed by atoms with van der Waals surface area (Å²) in [5.74, 6) is -1.82. The number of aromatic hydroxyl groups is 1. The van der Waals surface area contributed by atoms with Crippen LogP contribution >= 0.6 is 27.7 Å². The highest BCUT2D eigenvalue weighted by Crippen LogP contribution is 2.38. The van der Waals surface area contributed by atoms with Gasteiger partial charge in [-0.2, -0.15) is 0 Å². The first kappa shape index (κ1) is 16.4. The molecule has 1 aliphatic rings. The van der Waals surface area contributed by atoms with Gasteiger partial charge in [-0.15, -0.1) is 0 Å². The summed E-state index contributed by atoms with van der Waals surface area (Å²) < 4.78 is 5.36. The molecule has 22 heavy (non-hydrogen) atoms. The Balaban J connectivity index is 2.34.